The molecular formula is C76H60N2. The van der Waals surface area contributed by atoms with Crippen LogP contribution in [0.25, 0.3) is 72.0 Å². The van der Waals surface area contributed by atoms with Crippen molar-refractivity contribution in [3.05, 3.63) is 300 Å². The quantitative estimate of drug-likeness (QED) is 0.147. The van der Waals surface area contributed by atoms with Gasteiger partial charge >= 0.3 is 0 Å². The highest BCUT2D eigenvalue weighted by molar-refractivity contribution is 6.11. The first-order valence-electron chi connectivity index (χ1n) is 28.0. The maximum atomic E-state index is 2.56. The lowest BCUT2D eigenvalue weighted by atomic mass is 9.64. The summed E-state index contributed by atoms with van der Waals surface area (Å²) in [6.07, 6.45) is 4.86. The van der Waals surface area contributed by atoms with Gasteiger partial charge in [-0.1, -0.05) is 228 Å². The van der Waals surface area contributed by atoms with E-state index in [0.717, 1.165) is 11.4 Å². The van der Waals surface area contributed by atoms with Gasteiger partial charge < -0.3 is 9.47 Å². The van der Waals surface area contributed by atoms with Crippen molar-refractivity contribution in [2.75, 3.05) is 4.90 Å². The third-order valence-electron chi connectivity index (χ3n) is 17.9. The van der Waals surface area contributed by atoms with Gasteiger partial charge in [-0.3, -0.25) is 0 Å². The van der Waals surface area contributed by atoms with Gasteiger partial charge in [0.05, 0.1) is 16.4 Å². The summed E-state index contributed by atoms with van der Waals surface area (Å²) in [6.45, 7) is 7.22. The summed E-state index contributed by atoms with van der Waals surface area (Å²) in [6, 6.07) is 98.6. The number of rotatable bonds is 8. The zero-order chi connectivity index (χ0) is 52.2. The Balaban J connectivity index is 0.997. The summed E-state index contributed by atoms with van der Waals surface area (Å²) in [7, 11) is 0. The molecule has 12 aromatic rings. The van der Waals surface area contributed by atoms with Crippen molar-refractivity contribution in [1.29, 1.82) is 0 Å². The van der Waals surface area contributed by atoms with E-state index in [4.69, 9.17) is 0 Å². The maximum absolute atomic E-state index is 2.56. The van der Waals surface area contributed by atoms with Gasteiger partial charge in [-0.05, 0) is 168 Å². The fraction of sp³-hybridized carbons (Fsp3) is 0.132. The second kappa shape index (κ2) is 17.8. The molecule has 374 valence electrons. The minimum atomic E-state index is -0.661. The van der Waals surface area contributed by atoms with Gasteiger partial charge in [0.2, 0.25) is 0 Å². The van der Waals surface area contributed by atoms with Crippen LogP contribution in [0.15, 0.2) is 261 Å². The van der Waals surface area contributed by atoms with Crippen molar-refractivity contribution in [3.8, 4) is 50.2 Å². The molecule has 0 atom stereocenters. The molecule has 15 rings (SSSR count). The van der Waals surface area contributed by atoms with Gasteiger partial charge in [0.1, 0.15) is 0 Å². The largest absolute Gasteiger partial charge is 0.310 e. The van der Waals surface area contributed by atoms with Gasteiger partial charge in [0.25, 0.3) is 0 Å². The Morgan fingerprint density at radius 2 is 0.872 bits per heavy atom. The second-order valence-corrected chi connectivity index (χ2v) is 23.1. The summed E-state index contributed by atoms with van der Waals surface area (Å²) in [5.74, 6) is 0. The first-order valence-corrected chi connectivity index (χ1v) is 28.0. The number of fused-ring (bicyclic) bond motifs is 11. The lowest BCUT2D eigenvalue weighted by Gasteiger charge is -2.38. The van der Waals surface area contributed by atoms with Crippen LogP contribution in [0.4, 0.5) is 17.1 Å². The topological polar surface area (TPSA) is 8.17 Å². The fourth-order valence-corrected chi connectivity index (χ4v) is 14.5. The van der Waals surface area contributed by atoms with E-state index >= 15 is 0 Å². The summed E-state index contributed by atoms with van der Waals surface area (Å²) in [4.78, 5) is 2.54. The highest BCUT2D eigenvalue weighted by Gasteiger charge is 2.50. The Morgan fingerprint density at radius 1 is 0.372 bits per heavy atom. The van der Waals surface area contributed by atoms with E-state index in [-0.39, 0.29) is 10.8 Å². The predicted octanol–water partition coefficient (Wildman–Crippen LogP) is 20.1. The van der Waals surface area contributed by atoms with Crippen LogP contribution in [0, 0.1) is 0 Å². The van der Waals surface area contributed by atoms with E-state index < -0.39 is 5.41 Å². The summed E-state index contributed by atoms with van der Waals surface area (Å²) < 4.78 is 2.53. The third kappa shape index (κ3) is 6.95. The fourth-order valence-electron chi connectivity index (χ4n) is 14.5. The molecular weight excluding hydrogens is 941 g/mol. The molecule has 0 N–H and O–H groups in total. The van der Waals surface area contributed by atoms with E-state index in [2.05, 4.69) is 291 Å². The SMILES string of the molecule is CC(C)(C)c1cc(-n2c3ccccc3c3cc(-c4ccccc4)ccc32)cc2c1C(c1ccccc1)(c1ccccc1)c1cc(N(c3ccc(-c4ccccc4)cc3)c3ccc4c(c3)C3(CCCC3)c3ccccc3-4)ccc1-2. The minimum Gasteiger partial charge on any atom is -0.310 e. The minimum absolute atomic E-state index is 0.0295. The molecule has 0 amide bonds. The van der Waals surface area contributed by atoms with Gasteiger partial charge in [0, 0.05) is 38.9 Å². The molecule has 1 heterocycles. The summed E-state index contributed by atoms with van der Waals surface area (Å²) >= 11 is 0. The van der Waals surface area contributed by atoms with Gasteiger partial charge in [-0.2, -0.15) is 0 Å². The molecule has 0 saturated heterocycles. The Hall–Kier alpha value is -8.98. The van der Waals surface area contributed by atoms with Crippen LogP contribution in [0.3, 0.4) is 0 Å². The lowest BCUT2D eigenvalue weighted by molar-refractivity contribution is 0.550. The van der Waals surface area contributed by atoms with Crippen LogP contribution in [0.1, 0.15) is 85.4 Å². The highest BCUT2D eigenvalue weighted by atomic mass is 15.1. The van der Waals surface area contributed by atoms with Crippen molar-refractivity contribution in [1.82, 2.24) is 4.57 Å². The number of benzene rings is 11. The third-order valence-corrected chi connectivity index (χ3v) is 17.9. The Kier molecular flexibility index (Phi) is 10.6. The zero-order valence-corrected chi connectivity index (χ0v) is 44.5. The van der Waals surface area contributed by atoms with Crippen molar-refractivity contribution in [2.45, 2.75) is 62.7 Å². The van der Waals surface area contributed by atoms with Crippen LogP contribution >= 0.6 is 0 Å². The lowest BCUT2D eigenvalue weighted by Crippen LogP contribution is -2.32. The summed E-state index contributed by atoms with van der Waals surface area (Å²) in [5, 5.41) is 2.51. The highest BCUT2D eigenvalue weighted by Crippen LogP contribution is 2.62. The van der Waals surface area contributed by atoms with Crippen LogP contribution < -0.4 is 4.90 Å². The molecule has 3 aliphatic rings. The molecule has 2 heteroatoms. The van der Waals surface area contributed by atoms with E-state index in [1.165, 1.54) is 142 Å². The number of para-hydroxylation sites is 1. The number of aromatic nitrogens is 1. The first kappa shape index (κ1) is 46.3. The van der Waals surface area contributed by atoms with Gasteiger partial charge in [-0.15, -0.1) is 0 Å². The molecule has 0 aliphatic heterocycles. The molecule has 0 radical (unpaired) electrons. The zero-order valence-electron chi connectivity index (χ0n) is 44.5. The number of hydrogen-bond acceptors (Lipinski definition) is 1. The van der Waals surface area contributed by atoms with Crippen molar-refractivity contribution < 1.29 is 0 Å². The second-order valence-electron chi connectivity index (χ2n) is 23.1. The number of anilines is 3. The molecule has 2 nitrogen and oxygen atoms in total. The average Bonchev–Trinajstić information content (AvgIpc) is 4.46. The Bertz CT molecular complexity index is 4230. The van der Waals surface area contributed by atoms with E-state index in [1.807, 2.05) is 0 Å². The number of nitrogens with zero attached hydrogens (tertiary/aromatic N) is 2. The molecule has 1 saturated carbocycles. The predicted molar refractivity (Wildman–Crippen MR) is 327 cm³/mol. The molecule has 3 aliphatic carbocycles. The monoisotopic (exact) mass is 1000 g/mol. The first-order chi connectivity index (χ1) is 38.3. The smallest absolute Gasteiger partial charge is 0.0717 e. The van der Waals surface area contributed by atoms with E-state index in [9.17, 15) is 0 Å². The van der Waals surface area contributed by atoms with Gasteiger partial charge in [-0.25, -0.2) is 0 Å². The molecule has 1 fully saturated rings. The normalized spacial score (nSPS) is 14.6. The standard InChI is InChI=1S/C76H60N2/c1-74(2,3)70-50-60(78-71-33-19-17-31-64(71)65-46-54(36-43-72(65)78)52-24-10-5-11-25-52)47-66-63-42-40-59(49-69(63)76(73(66)70,55-26-12-6-13-27-55)56-28-14-7-15-29-56)77(57-37-34-53(35-38-57)51-22-8-4-9-23-51)58-39-41-62-61-30-16-18-32-67(61)75(68(62)48-58)44-20-21-45-75/h4-19,22-43,46-50H,20-21,44-45H2,1-3H3. The average molecular weight is 1000 g/mol. The molecule has 78 heavy (non-hydrogen) atoms. The van der Waals surface area contributed by atoms with Crippen LogP contribution in [0.5, 0.6) is 0 Å². The molecule has 1 spiro atoms. The van der Waals surface area contributed by atoms with Crippen LogP contribution in [0.2, 0.25) is 0 Å². The summed E-state index contributed by atoms with van der Waals surface area (Å²) in [5.41, 5.74) is 25.8. The molecule has 0 bridgehead atoms. The van der Waals surface area contributed by atoms with Crippen LogP contribution in [-0.4, -0.2) is 4.57 Å². The van der Waals surface area contributed by atoms with E-state index in [0.29, 0.717) is 0 Å². The van der Waals surface area contributed by atoms with E-state index in [1.54, 1.807) is 0 Å². The molecule has 11 aromatic carbocycles. The van der Waals surface area contributed by atoms with Crippen LogP contribution in [-0.2, 0) is 16.2 Å². The van der Waals surface area contributed by atoms with Crippen molar-refractivity contribution >= 4 is 38.9 Å². The Morgan fingerprint density at radius 3 is 1.53 bits per heavy atom. The van der Waals surface area contributed by atoms with Crippen molar-refractivity contribution in [2.24, 2.45) is 0 Å². The van der Waals surface area contributed by atoms with Gasteiger partial charge in [0.15, 0.2) is 0 Å². The van der Waals surface area contributed by atoms with Crippen molar-refractivity contribution in [3.63, 3.8) is 0 Å². The molecule has 0 unspecified atom stereocenters. The maximum Gasteiger partial charge on any atom is 0.0717 e. The Labute approximate surface area is 458 Å². The number of hydrogen-bond donors (Lipinski definition) is 0. The molecule has 1 aromatic heterocycles.